The number of aliphatic hydroxyl groups is 1. The zero-order chi connectivity index (χ0) is 10.6. The van der Waals surface area contributed by atoms with E-state index in [0.717, 1.165) is 18.8 Å². The van der Waals surface area contributed by atoms with Crippen LogP contribution in [-0.2, 0) is 4.79 Å². The van der Waals surface area contributed by atoms with Crippen LogP contribution in [-0.4, -0.2) is 23.2 Å². The Labute approximate surface area is 85.9 Å². The first kappa shape index (κ1) is 11.5. The fourth-order valence-corrected chi connectivity index (χ4v) is 1.98. The van der Waals surface area contributed by atoms with Gasteiger partial charge in [-0.1, -0.05) is 6.92 Å². The number of amides is 1. The standard InChI is InChI=1S/C11H21NO2/c1-8-3-5-10(7-8)12-11(14)6-4-9(2)13/h8-10,13H,3-7H2,1-2H3,(H,12,14). The molecule has 1 aliphatic carbocycles. The van der Waals surface area contributed by atoms with Crippen molar-refractivity contribution in [2.24, 2.45) is 5.92 Å². The fraction of sp³-hybridized carbons (Fsp3) is 0.909. The third-order valence-electron chi connectivity index (χ3n) is 2.85. The van der Waals surface area contributed by atoms with Crippen LogP contribution < -0.4 is 5.32 Å². The van der Waals surface area contributed by atoms with Gasteiger partial charge in [0.2, 0.25) is 5.91 Å². The minimum atomic E-state index is -0.372. The zero-order valence-corrected chi connectivity index (χ0v) is 9.12. The first-order chi connectivity index (χ1) is 6.58. The molecule has 3 nitrogen and oxygen atoms in total. The Morgan fingerprint density at radius 3 is 2.79 bits per heavy atom. The smallest absolute Gasteiger partial charge is 0.220 e. The summed E-state index contributed by atoms with van der Waals surface area (Å²) in [6.45, 7) is 3.94. The van der Waals surface area contributed by atoms with E-state index in [1.807, 2.05) is 0 Å². The van der Waals surface area contributed by atoms with E-state index in [4.69, 9.17) is 5.11 Å². The van der Waals surface area contributed by atoms with Gasteiger partial charge in [-0.05, 0) is 38.5 Å². The third kappa shape index (κ3) is 4.09. The molecule has 3 unspecified atom stereocenters. The van der Waals surface area contributed by atoms with Gasteiger partial charge in [0.05, 0.1) is 6.10 Å². The molecular formula is C11H21NO2. The van der Waals surface area contributed by atoms with Crippen LogP contribution in [0.25, 0.3) is 0 Å². The van der Waals surface area contributed by atoms with Crippen molar-refractivity contribution in [3.05, 3.63) is 0 Å². The molecule has 1 amide bonds. The van der Waals surface area contributed by atoms with Crippen LogP contribution in [0.4, 0.5) is 0 Å². The monoisotopic (exact) mass is 199 g/mol. The molecule has 1 fully saturated rings. The molecule has 0 aliphatic heterocycles. The van der Waals surface area contributed by atoms with E-state index >= 15 is 0 Å². The van der Waals surface area contributed by atoms with Gasteiger partial charge in [0.15, 0.2) is 0 Å². The van der Waals surface area contributed by atoms with Crippen LogP contribution in [0.3, 0.4) is 0 Å². The Bertz CT molecular complexity index is 192. The van der Waals surface area contributed by atoms with E-state index in [9.17, 15) is 4.79 Å². The number of nitrogens with one attached hydrogen (secondary N) is 1. The average Bonchev–Trinajstić information content (AvgIpc) is 2.48. The summed E-state index contributed by atoms with van der Waals surface area (Å²) in [6, 6.07) is 0.381. The van der Waals surface area contributed by atoms with Gasteiger partial charge in [0.25, 0.3) is 0 Å². The SMILES string of the molecule is CC(O)CCC(=O)NC1CCC(C)C1. The molecule has 1 saturated carbocycles. The molecular weight excluding hydrogens is 178 g/mol. The van der Waals surface area contributed by atoms with Crippen LogP contribution in [0.1, 0.15) is 46.0 Å². The molecule has 1 aliphatic rings. The van der Waals surface area contributed by atoms with E-state index in [2.05, 4.69) is 12.2 Å². The maximum atomic E-state index is 11.4. The van der Waals surface area contributed by atoms with Crippen LogP contribution in [0.5, 0.6) is 0 Å². The van der Waals surface area contributed by atoms with Crippen molar-refractivity contribution in [2.75, 3.05) is 0 Å². The van der Waals surface area contributed by atoms with E-state index in [1.54, 1.807) is 6.92 Å². The molecule has 0 spiro atoms. The molecule has 2 N–H and O–H groups in total. The molecule has 82 valence electrons. The predicted octanol–water partition coefficient (Wildman–Crippen LogP) is 1.45. The lowest BCUT2D eigenvalue weighted by atomic mass is 10.1. The molecule has 0 saturated heterocycles. The van der Waals surface area contributed by atoms with Gasteiger partial charge in [-0.2, -0.15) is 0 Å². The van der Waals surface area contributed by atoms with Gasteiger partial charge in [-0.25, -0.2) is 0 Å². The lowest BCUT2D eigenvalue weighted by molar-refractivity contribution is -0.122. The molecule has 0 radical (unpaired) electrons. The van der Waals surface area contributed by atoms with Crippen molar-refractivity contribution in [1.82, 2.24) is 5.32 Å². The molecule has 3 atom stereocenters. The Morgan fingerprint density at radius 2 is 2.29 bits per heavy atom. The minimum absolute atomic E-state index is 0.0880. The molecule has 0 aromatic carbocycles. The predicted molar refractivity (Wildman–Crippen MR) is 55.9 cm³/mol. The number of carbonyl (C=O) groups excluding carboxylic acids is 1. The van der Waals surface area contributed by atoms with E-state index in [0.29, 0.717) is 18.9 Å². The second kappa shape index (κ2) is 5.35. The minimum Gasteiger partial charge on any atom is -0.393 e. The van der Waals surface area contributed by atoms with Crippen LogP contribution in [0.2, 0.25) is 0 Å². The van der Waals surface area contributed by atoms with Crippen molar-refractivity contribution >= 4 is 5.91 Å². The number of aliphatic hydroxyl groups excluding tert-OH is 1. The van der Waals surface area contributed by atoms with E-state index in [1.165, 1.54) is 6.42 Å². The Kier molecular flexibility index (Phi) is 4.39. The molecule has 0 bridgehead atoms. The molecule has 14 heavy (non-hydrogen) atoms. The third-order valence-corrected chi connectivity index (χ3v) is 2.85. The molecule has 0 aromatic rings. The quantitative estimate of drug-likeness (QED) is 0.720. The summed E-state index contributed by atoms with van der Waals surface area (Å²) in [5.41, 5.74) is 0. The Balaban J connectivity index is 2.14. The van der Waals surface area contributed by atoms with Crippen LogP contribution in [0, 0.1) is 5.92 Å². The van der Waals surface area contributed by atoms with Crippen LogP contribution >= 0.6 is 0 Å². The fourth-order valence-electron chi connectivity index (χ4n) is 1.98. The average molecular weight is 199 g/mol. The van der Waals surface area contributed by atoms with Crippen molar-refractivity contribution in [2.45, 2.75) is 58.1 Å². The maximum Gasteiger partial charge on any atom is 0.220 e. The maximum absolute atomic E-state index is 11.4. The molecule has 3 heteroatoms. The van der Waals surface area contributed by atoms with Crippen molar-refractivity contribution in [3.8, 4) is 0 Å². The summed E-state index contributed by atoms with van der Waals surface area (Å²) < 4.78 is 0. The van der Waals surface area contributed by atoms with Crippen LogP contribution in [0.15, 0.2) is 0 Å². The van der Waals surface area contributed by atoms with Crippen molar-refractivity contribution < 1.29 is 9.90 Å². The van der Waals surface area contributed by atoms with Crippen molar-refractivity contribution in [3.63, 3.8) is 0 Å². The number of rotatable bonds is 4. The second-order valence-corrected chi connectivity index (χ2v) is 4.57. The lowest BCUT2D eigenvalue weighted by Crippen LogP contribution is -2.33. The largest absolute Gasteiger partial charge is 0.393 e. The summed E-state index contributed by atoms with van der Waals surface area (Å²) in [4.78, 5) is 11.4. The van der Waals surface area contributed by atoms with Gasteiger partial charge in [-0.15, -0.1) is 0 Å². The highest BCUT2D eigenvalue weighted by Crippen LogP contribution is 2.24. The second-order valence-electron chi connectivity index (χ2n) is 4.57. The van der Waals surface area contributed by atoms with Gasteiger partial charge < -0.3 is 10.4 Å². The Morgan fingerprint density at radius 1 is 1.57 bits per heavy atom. The van der Waals surface area contributed by atoms with Gasteiger partial charge in [0, 0.05) is 12.5 Å². The lowest BCUT2D eigenvalue weighted by Gasteiger charge is -2.12. The Hall–Kier alpha value is -0.570. The van der Waals surface area contributed by atoms with E-state index in [-0.39, 0.29) is 12.0 Å². The van der Waals surface area contributed by atoms with E-state index < -0.39 is 0 Å². The highest BCUT2D eigenvalue weighted by molar-refractivity contribution is 5.76. The summed E-state index contributed by atoms with van der Waals surface area (Å²) in [7, 11) is 0. The first-order valence-electron chi connectivity index (χ1n) is 5.55. The summed E-state index contributed by atoms with van der Waals surface area (Å²) >= 11 is 0. The van der Waals surface area contributed by atoms with Gasteiger partial charge in [-0.3, -0.25) is 4.79 Å². The summed E-state index contributed by atoms with van der Waals surface area (Å²) in [5, 5.41) is 12.0. The molecule has 1 rings (SSSR count). The summed E-state index contributed by atoms with van der Waals surface area (Å²) in [6.07, 6.45) is 4.09. The number of carbonyl (C=O) groups is 1. The first-order valence-corrected chi connectivity index (χ1v) is 5.55. The number of hydrogen-bond acceptors (Lipinski definition) is 2. The zero-order valence-electron chi connectivity index (χ0n) is 9.12. The van der Waals surface area contributed by atoms with Crippen molar-refractivity contribution in [1.29, 1.82) is 0 Å². The molecule has 0 heterocycles. The summed E-state index contributed by atoms with van der Waals surface area (Å²) in [5.74, 6) is 0.835. The highest BCUT2D eigenvalue weighted by Gasteiger charge is 2.22. The molecule has 0 aromatic heterocycles. The highest BCUT2D eigenvalue weighted by atomic mass is 16.3. The van der Waals surface area contributed by atoms with Gasteiger partial charge >= 0.3 is 0 Å². The normalized spacial score (nSPS) is 28.8. The van der Waals surface area contributed by atoms with Gasteiger partial charge in [0.1, 0.15) is 0 Å². The number of hydrogen-bond donors (Lipinski definition) is 2. The topological polar surface area (TPSA) is 49.3 Å².